The number of halogens is 1. The molecule has 2 N–H and O–H groups in total. The van der Waals surface area contributed by atoms with Crippen molar-refractivity contribution >= 4 is 21.9 Å². The molecule has 0 unspecified atom stereocenters. The third-order valence-electron chi connectivity index (χ3n) is 2.75. The molecular weight excluding hydrogens is 324 g/mol. The van der Waals surface area contributed by atoms with E-state index in [-0.39, 0.29) is 12.2 Å². The van der Waals surface area contributed by atoms with E-state index in [4.69, 9.17) is 10.5 Å². The highest BCUT2D eigenvalue weighted by molar-refractivity contribution is 9.10. The molecule has 0 saturated carbocycles. The number of esters is 1. The number of nitrogens with two attached hydrogens (primary N) is 1. The van der Waals surface area contributed by atoms with Crippen molar-refractivity contribution in [2.24, 2.45) is 5.73 Å². The first-order valence-corrected chi connectivity index (χ1v) is 6.99. The topological polar surface area (TPSA) is 83.0 Å². The van der Waals surface area contributed by atoms with E-state index in [0.29, 0.717) is 18.8 Å². The van der Waals surface area contributed by atoms with Crippen LogP contribution in [0.15, 0.2) is 28.7 Å². The summed E-state index contributed by atoms with van der Waals surface area (Å²) in [7, 11) is 0. The van der Waals surface area contributed by atoms with Gasteiger partial charge in [0.2, 0.25) is 0 Å². The van der Waals surface area contributed by atoms with Gasteiger partial charge in [-0.2, -0.15) is 0 Å². The Bertz CT molecular complexity index is 595. The maximum Gasteiger partial charge on any atom is 0.360 e. The van der Waals surface area contributed by atoms with Crippen molar-refractivity contribution in [1.82, 2.24) is 15.0 Å². The van der Waals surface area contributed by atoms with Crippen molar-refractivity contribution in [2.45, 2.75) is 20.0 Å². The molecule has 0 radical (unpaired) electrons. The average molecular weight is 339 g/mol. The summed E-state index contributed by atoms with van der Waals surface area (Å²) in [5, 5.41) is 7.85. The molecule has 1 aromatic carbocycles. The summed E-state index contributed by atoms with van der Waals surface area (Å²) in [6, 6.07) is 7.83. The molecule has 0 amide bonds. The van der Waals surface area contributed by atoms with Crippen LogP contribution in [0.1, 0.15) is 28.7 Å². The zero-order chi connectivity index (χ0) is 14.5. The van der Waals surface area contributed by atoms with Crippen molar-refractivity contribution < 1.29 is 9.53 Å². The van der Waals surface area contributed by atoms with Crippen LogP contribution >= 0.6 is 15.9 Å². The van der Waals surface area contributed by atoms with E-state index in [0.717, 1.165) is 10.0 Å². The maximum absolute atomic E-state index is 11.7. The highest BCUT2D eigenvalue weighted by Crippen LogP contribution is 2.13. The van der Waals surface area contributed by atoms with Crippen LogP contribution in [0, 0.1) is 0 Å². The molecule has 1 aromatic heterocycles. The summed E-state index contributed by atoms with van der Waals surface area (Å²) in [6.07, 6.45) is 0. The second-order valence-electron chi connectivity index (χ2n) is 4.09. The third-order valence-corrected chi connectivity index (χ3v) is 3.27. The molecule has 1 heterocycles. The number of hydrogen-bond acceptors (Lipinski definition) is 5. The average Bonchev–Trinajstić information content (AvgIpc) is 2.84. The van der Waals surface area contributed by atoms with Gasteiger partial charge in [0.1, 0.15) is 0 Å². The molecule has 0 bridgehead atoms. The van der Waals surface area contributed by atoms with Gasteiger partial charge in [0.15, 0.2) is 5.69 Å². The summed E-state index contributed by atoms with van der Waals surface area (Å²) in [4.78, 5) is 11.7. The lowest BCUT2D eigenvalue weighted by Gasteiger charge is -2.06. The minimum atomic E-state index is -0.491. The van der Waals surface area contributed by atoms with Crippen LogP contribution in [0.3, 0.4) is 0 Å². The second kappa shape index (κ2) is 6.62. The Hall–Kier alpha value is -1.73. The van der Waals surface area contributed by atoms with Gasteiger partial charge < -0.3 is 10.5 Å². The Kier molecular flexibility index (Phi) is 4.86. The van der Waals surface area contributed by atoms with Crippen LogP contribution in [0.4, 0.5) is 0 Å². The zero-order valence-corrected chi connectivity index (χ0v) is 12.6. The van der Waals surface area contributed by atoms with Gasteiger partial charge in [0.25, 0.3) is 0 Å². The number of aromatic nitrogens is 3. The van der Waals surface area contributed by atoms with Crippen LogP contribution in [0.5, 0.6) is 0 Å². The van der Waals surface area contributed by atoms with Crippen molar-refractivity contribution in [3.63, 3.8) is 0 Å². The molecule has 2 aromatic rings. The van der Waals surface area contributed by atoms with Gasteiger partial charge in [-0.3, -0.25) is 0 Å². The molecule has 0 aliphatic rings. The Balaban J connectivity index is 2.24. The number of carbonyl (C=O) groups is 1. The second-order valence-corrected chi connectivity index (χ2v) is 5.01. The maximum atomic E-state index is 11.7. The predicted molar refractivity (Wildman–Crippen MR) is 77.1 cm³/mol. The number of rotatable bonds is 5. The highest BCUT2D eigenvalue weighted by Gasteiger charge is 2.19. The summed E-state index contributed by atoms with van der Waals surface area (Å²) in [5.74, 6) is -0.491. The fourth-order valence-electron chi connectivity index (χ4n) is 1.78. The fourth-order valence-corrected chi connectivity index (χ4v) is 2.05. The van der Waals surface area contributed by atoms with E-state index in [1.54, 1.807) is 11.6 Å². The summed E-state index contributed by atoms with van der Waals surface area (Å²) >= 11 is 3.38. The van der Waals surface area contributed by atoms with Crippen LogP contribution in [-0.2, 0) is 17.8 Å². The first kappa shape index (κ1) is 14.7. The molecule has 6 nitrogen and oxygen atoms in total. The Morgan fingerprint density at radius 1 is 1.40 bits per heavy atom. The van der Waals surface area contributed by atoms with Gasteiger partial charge in [-0.25, -0.2) is 9.48 Å². The Labute approximate surface area is 125 Å². The molecule has 106 valence electrons. The van der Waals surface area contributed by atoms with Crippen LogP contribution in [-0.4, -0.2) is 27.6 Å². The number of benzene rings is 1. The Morgan fingerprint density at radius 2 is 2.10 bits per heavy atom. The van der Waals surface area contributed by atoms with Crippen LogP contribution in [0.25, 0.3) is 0 Å². The van der Waals surface area contributed by atoms with Gasteiger partial charge in [-0.15, -0.1) is 5.10 Å². The summed E-state index contributed by atoms with van der Waals surface area (Å²) in [5.41, 5.74) is 7.50. The monoisotopic (exact) mass is 338 g/mol. The molecule has 0 spiro atoms. The first-order valence-electron chi connectivity index (χ1n) is 6.19. The number of ether oxygens (including phenoxy) is 1. The molecular formula is C13H15BrN4O2. The molecule has 0 aliphatic heterocycles. The van der Waals surface area contributed by atoms with Gasteiger partial charge >= 0.3 is 5.97 Å². The van der Waals surface area contributed by atoms with E-state index >= 15 is 0 Å². The molecule has 0 saturated heterocycles. The quantitative estimate of drug-likeness (QED) is 0.839. The minimum absolute atomic E-state index is 0.178. The smallest absolute Gasteiger partial charge is 0.360 e. The van der Waals surface area contributed by atoms with E-state index in [2.05, 4.69) is 26.2 Å². The van der Waals surface area contributed by atoms with E-state index < -0.39 is 5.97 Å². The van der Waals surface area contributed by atoms with Crippen molar-refractivity contribution in [1.29, 1.82) is 0 Å². The summed E-state index contributed by atoms with van der Waals surface area (Å²) in [6.45, 7) is 2.72. The van der Waals surface area contributed by atoms with Gasteiger partial charge in [-0.1, -0.05) is 33.3 Å². The normalized spacial score (nSPS) is 10.6. The number of carbonyl (C=O) groups excluding carboxylic acids is 1. The summed E-state index contributed by atoms with van der Waals surface area (Å²) < 4.78 is 7.56. The molecule has 0 fully saturated rings. The predicted octanol–water partition coefficient (Wildman–Crippen LogP) is 1.72. The van der Waals surface area contributed by atoms with E-state index in [1.165, 1.54) is 0 Å². The van der Waals surface area contributed by atoms with Gasteiger partial charge in [0, 0.05) is 11.0 Å². The zero-order valence-electron chi connectivity index (χ0n) is 11.0. The largest absolute Gasteiger partial charge is 0.461 e. The SMILES string of the molecule is CCOC(=O)c1nnn(Cc2ccc(Br)cc2)c1CN. The lowest BCUT2D eigenvalue weighted by molar-refractivity contribution is 0.0518. The first-order chi connectivity index (χ1) is 9.65. The van der Waals surface area contributed by atoms with Crippen molar-refractivity contribution in [3.8, 4) is 0 Å². The Morgan fingerprint density at radius 3 is 2.70 bits per heavy atom. The number of hydrogen-bond donors (Lipinski definition) is 1. The lowest BCUT2D eigenvalue weighted by Crippen LogP contribution is -2.14. The van der Waals surface area contributed by atoms with E-state index in [9.17, 15) is 4.79 Å². The van der Waals surface area contributed by atoms with Gasteiger partial charge in [-0.05, 0) is 24.6 Å². The van der Waals surface area contributed by atoms with Crippen molar-refractivity contribution in [3.05, 3.63) is 45.7 Å². The highest BCUT2D eigenvalue weighted by atomic mass is 79.9. The van der Waals surface area contributed by atoms with Crippen LogP contribution < -0.4 is 5.73 Å². The molecule has 0 atom stereocenters. The lowest BCUT2D eigenvalue weighted by atomic mass is 10.2. The van der Waals surface area contributed by atoms with E-state index in [1.807, 2.05) is 24.3 Å². The minimum Gasteiger partial charge on any atom is -0.461 e. The number of nitrogens with zero attached hydrogens (tertiary/aromatic N) is 3. The van der Waals surface area contributed by atoms with Crippen molar-refractivity contribution in [2.75, 3.05) is 6.61 Å². The molecule has 7 heteroatoms. The standard InChI is InChI=1S/C13H15BrN4O2/c1-2-20-13(19)12-11(7-15)18(17-16-12)8-9-3-5-10(14)6-4-9/h3-6H,2,7-8,15H2,1H3. The molecule has 2 rings (SSSR count). The van der Waals surface area contributed by atoms with Gasteiger partial charge in [0.05, 0.1) is 18.8 Å². The fraction of sp³-hybridized carbons (Fsp3) is 0.308. The molecule has 20 heavy (non-hydrogen) atoms. The molecule has 0 aliphatic carbocycles. The third kappa shape index (κ3) is 3.23. The van der Waals surface area contributed by atoms with Crippen LogP contribution in [0.2, 0.25) is 0 Å².